The summed E-state index contributed by atoms with van der Waals surface area (Å²) >= 11 is 3.23. The van der Waals surface area contributed by atoms with Crippen molar-refractivity contribution in [2.45, 2.75) is 11.2 Å². The van der Waals surface area contributed by atoms with Gasteiger partial charge in [0.15, 0.2) is 17.5 Å². The van der Waals surface area contributed by atoms with Crippen molar-refractivity contribution < 1.29 is 17.6 Å². The predicted molar refractivity (Wildman–Crippen MR) is 68.1 cm³/mol. The van der Waals surface area contributed by atoms with Gasteiger partial charge in [-0.25, -0.2) is 17.6 Å². The molecule has 2 rings (SSSR count). The van der Waals surface area contributed by atoms with Crippen molar-refractivity contribution in [3.8, 4) is 0 Å². The van der Waals surface area contributed by atoms with Gasteiger partial charge in [-0.05, 0) is 30.2 Å². The molecule has 0 aliphatic rings. The van der Waals surface area contributed by atoms with Crippen molar-refractivity contribution in [2.24, 2.45) is 0 Å². The Morgan fingerprint density at radius 2 is 1.47 bits per heavy atom. The second kappa shape index (κ2) is 5.74. The van der Waals surface area contributed by atoms with E-state index in [1.54, 1.807) is 12.1 Å². The van der Waals surface area contributed by atoms with Crippen LogP contribution < -0.4 is 0 Å². The molecule has 1 atom stereocenters. The highest BCUT2D eigenvalue weighted by molar-refractivity contribution is 9.09. The first-order chi connectivity index (χ1) is 8.99. The van der Waals surface area contributed by atoms with Gasteiger partial charge >= 0.3 is 0 Å². The van der Waals surface area contributed by atoms with E-state index in [0.29, 0.717) is 6.42 Å². The summed E-state index contributed by atoms with van der Waals surface area (Å²) in [4.78, 5) is -0.520. The van der Waals surface area contributed by atoms with Crippen LogP contribution >= 0.6 is 15.9 Å². The van der Waals surface area contributed by atoms with Crippen molar-refractivity contribution in [3.63, 3.8) is 0 Å². The van der Waals surface area contributed by atoms with Crippen LogP contribution in [0.25, 0.3) is 0 Å². The quantitative estimate of drug-likeness (QED) is 0.425. The van der Waals surface area contributed by atoms with Gasteiger partial charge < -0.3 is 0 Å². The summed E-state index contributed by atoms with van der Waals surface area (Å²) in [5.41, 5.74) is 0.788. The molecule has 0 heterocycles. The second-order valence-corrected chi connectivity index (χ2v) is 5.17. The molecule has 0 aliphatic carbocycles. The highest BCUT2D eigenvalue weighted by Gasteiger charge is 2.19. The third-order valence-corrected chi connectivity index (χ3v) is 3.55. The van der Waals surface area contributed by atoms with Gasteiger partial charge in [0.1, 0.15) is 5.82 Å². The molecule has 5 heteroatoms. The molecule has 0 aliphatic heterocycles. The highest BCUT2D eigenvalue weighted by Crippen LogP contribution is 2.30. The van der Waals surface area contributed by atoms with E-state index in [-0.39, 0.29) is 11.4 Å². The van der Waals surface area contributed by atoms with Crippen LogP contribution in [-0.4, -0.2) is 0 Å². The summed E-state index contributed by atoms with van der Waals surface area (Å²) in [5, 5.41) is 0. The van der Waals surface area contributed by atoms with Crippen molar-refractivity contribution >= 4 is 15.9 Å². The summed E-state index contributed by atoms with van der Waals surface area (Å²) in [6.45, 7) is 0. The minimum atomic E-state index is -1.49. The standard InChI is InChI=1S/C14H9BrF4/c15-11(7-8-1-3-9(16)4-2-8)10-5-6-12(17)14(19)13(10)18/h1-6,11H,7H2. The molecule has 2 aromatic carbocycles. The van der Waals surface area contributed by atoms with Gasteiger partial charge in [0, 0.05) is 10.4 Å². The molecule has 2 aromatic rings. The molecule has 0 bridgehead atoms. The Labute approximate surface area is 116 Å². The number of halogens is 5. The van der Waals surface area contributed by atoms with Gasteiger partial charge in [-0.15, -0.1) is 0 Å². The van der Waals surface area contributed by atoms with Gasteiger partial charge in [0.25, 0.3) is 0 Å². The highest BCUT2D eigenvalue weighted by atomic mass is 79.9. The molecule has 0 N–H and O–H groups in total. The molecule has 0 fully saturated rings. The molecule has 0 spiro atoms. The van der Waals surface area contributed by atoms with Crippen LogP contribution in [0.3, 0.4) is 0 Å². The monoisotopic (exact) mass is 332 g/mol. The lowest BCUT2D eigenvalue weighted by molar-refractivity contribution is 0.440. The molecule has 0 radical (unpaired) electrons. The largest absolute Gasteiger partial charge is 0.207 e. The number of rotatable bonds is 3. The van der Waals surface area contributed by atoms with Crippen LogP contribution in [0.1, 0.15) is 16.0 Å². The lowest BCUT2D eigenvalue weighted by atomic mass is 10.0. The van der Waals surface area contributed by atoms with Crippen LogP contribution in [0.5, 0.6) is 0 Å². The van der Waals surface area contributed by atoms with E-state index in [4.69, 9.17) is 0 Å². The lowest BCUT2D eigenvalue weighted by Crippen LogP contribution is -2.02. The zero-order valence-corrected chi connectivity index (χ0v) is 11.2. The summed E-state index contributed by atoms with van der Waals surface area (Å²) < 4.78 is 52.3. The fraction of sp³-hybridized carbons (Fsp3) is 0.143. The first-order valence-corrected chi connectivity index (χ1v) is 6.42. The Morgan fingerprint density at radius 1 is 0.842 bits per heavy atom. The van der Waals surface area contributed by atoms with Crippen LogP contribution in [0.4, 0.5) is 17.6 Å². The Morgan fingerprint density at radius 3 is 2.11 bits per heavy atom. The van der Waals surface area contributed by atoms with Crippen molar-refractivity contribution in [2.75, 3.05) is 0 Å². The van der Waals surface area contributed by atoms with Crippen molar-refractivity contribution in [3.05, 3.63) is 70.8 Å². The third-order valence-electron chi connectivity index (χ3n) is 2.73. The maximum absolute atomic E-state index is 13.6. The summed E-state index contributed by atoms with van der Waals surface area (Å²) in [6, 6.07) is 7.76. The van der Waals surface area contributed by atoms with Gasteiger partial charge in [0.2, 0.25) is 0 Å². The molecular formula is C14H9BrF4. The number of alkyl halides is 1. The van der Waals surface area contributed by atoms with Gasteiger partial charge in [-0.2, -0.15) is 0 Å². The van der Waals surface area contributed by atoms with Gasteiger partial charge in [-0.1, -0.05) is 34.1 Å². The van der Waals surface area contributed by atoms with Crippen LogP contribution in [0, 0.1) is 23.3 Å². The maximum atomic E-state index is 13.6. The molecule has 0 saturated carbocycles. The first kappa shape index (κ1) is 14.1. The number of hydrogen-bond donors (Lipinski definition) is 0. The topological polar surface area (TPSA) is 0 Å². The lowest BCUT2D eigenvalue weighted by Gasteiger charge is -2.12. The van der Waals surface area contributed by atoms with Gasteiger partial charge in [0.05, 0.1) is 0 Å². The van der Waals surface area contributed by atoms with Crippen LogP contribution in [-0.2, 0) is 6.42 Å². The Kier molecular flexibility index (Phi) is 4.24. The second-order valence-electron chi connectivity index (χ2n) is 4.06. The van der Waals surface area contributed by atoms with Crippen molar-refractivity contribution in [1.29, 1.82) is 0 Å². The summed E-state index contributed by atoms with van der Waals surface area (Å²) in [7, 11) is 0. The predicted octanol–water partition coefficient (Wildman–Crippen LogP) is 4.92. The molecule has 1 unspecified atom stereocenters. The molecular weight excluding hydrogens is 324 g/mol. The fourth-order valence-corrected chi connectivity index (χ4v) is 2.45. The van der Waals surface area contributed by atoms with E-state index >= 15 is 0 Å². The molecule has 0 amide bonds. The van der Waals surface area contributed by atoms with E-state index < -0.39 is 22.3 Å². The smallest absolute Gasteiger partial charge is 0.194 e. The molecule has 100 valence electrons. The SMILES string of the molecule is Fc1ccc(CC(Br)c2ccc(F)c(F)c2F)cc1. The fourth-order valence-electron chi connectivity index (χ4n) is 1.72. The van der Waals surface area contributed by atoms with Crippen LogP contribution in [0.2, 0.25) is 0 Å². The Balaban J connectivity index is 2.23. The Bertz CT molecular complexity index is 581. The zero-order valence-electron chi connectivity index (χ0n) is 9.64. The molecule has 0 aromatic heterocycles. The normalized spacial score (nSPS) is 12.5. The zero-order chi connectivity index (χ0) is 14.0. The molecule has 0 saturated heterocycles. The summed E-state index contributed by atoms with van der Waals surface area (Å²) in [5.74, 6) is -4.28. The minimum Gasteiger partial charge on any atom is -0.207 e. The number of hydrogen-bond acceptors (Lipinski definition) is 0. The van der Waals surface area contributed by atoms with Crippen molar-refractivity contribution in [1.82, 2.24) is 0 Å². The minimum absolute atomic E-state index is 0.0308. The third kappa shape index (κ3) is 3.15. The van der Waals surface area contributed by atoms with E-state index in [1.807, 2.05) is 0 Å². The average molecular weight is 333 g/mol. The van der Waals surface area contributed by atoms with Crippen LogP contribution in [0.15, 0.2) is 36.4 Å². The van der Waals surface area contributed by atoms with E-state index in [1.165, 1.54) is 18.2 Å². The number of benzene rings is 2. The van der Waals surface area contributed by atoms with Gasteiger partial charge in [-0.3, -0.25) is 0 Å². The molecule has 0 nitrogen and oxygen atoms in total. The molecule has 19 heavy (non-hydrogen) atoms. The summed E-state index contributed by atoms with van der Waals surface area (Å²) in [6.07, 6.45) is 0.336. The van der Waals surface area contributed by atoms with E-state index in [9.17, 15) is 17.6 Å². The maximum Gasteiger partial charge on any atom is 0.194 e. The van der Waals surface area contributed by atoms with E-state index in [0.717, 1.165) is 11.6 Å². The van der Waals surface area contributed by atoms with E-state index in [2.05, 4.69) is 15.9 Å². The first-order valence-electron chi connectivity index (χ1n) is 5.51. The Hall–Kier alpha value is -1.36. The average Bonchev–Trinajstić information content (AvgIpc) is 2.39.